The smallest absolute Gasteiger partial charge is 0.181 e. The Kier molecular flexibility index (Phi) is 3.19. The fourth-order valence-corrected chi connectivity index (χ4v) is 3.39. The van der Waals surface area contributed by atoms with E-state index in [-0.39, 0.29) is 5.56 Å². The van der Waals surface area contributed by atoms with Crippen molar-refractivity contribution >= 4 is 9.84 Å². The second kappa shape index (κ2) is 4.28. The van der Waals surface area contributed by atoms with Gasteiger partial charge in [0.05, 0.1) is 0 Å². The summed E-state index contributed by atoms with van der Waals surface area (Å²) in [5.74, 6) is -2.11. The normalized spacial score (nSPS) is 19.1. The largest absolute Gasteiger partial charge is 0.321 e. The zero-order valence-corrected chi connectivity index (χ0v) is 10.9. The molecule has 18 heavy (non-hydrogen) atoms. The molecule has 0 bridgehead atoms. The number of hydrogen-bond acceptors (Lipinski definition) is 3. The van der Waals surface area contributed by atoms with Gasteiger partial charge in [-0.3, -0.25) is 0 Å². The van der Waals surface area contributed by atoms with Gasteiger partial charge in [0.1, 0.15) is 16.5 Å². The van der Waals surface area contributed by atoms with Gasteiger partial charge in [-0.25, -0.2) is 17.2 Å². The summed E-state index contributed by atoms with van der Waals surface area (Å²) in [5, 5.41) is 0. The van der Waals surface area contributed by atoms with E-state index in [0.29, 0.717) is 12.8 Å². The summed E-state index contributed by atoms with van der Waals surface area (Å²) in [6.07, 6.45) is 3.68. The lowest BCUT2D eigenvalue weighted by Gasteiger charge is -2.25. The quantitative estimate of drug-likeness (QED) is 0.899. The molecule has 6 heteroatoms. The third kappa shape index (κ3) is 2.14. The van der Waals surface area contributed by atoms with Crippen molar-refractivity contribution in [2.24, 2.45) is 5.73 Å². The van der Waals surface area contributed by atoms with Crippen LogP contribution in [0.15, 0.2) is 17.0 Å². The van der Waals surface area contributed by atoms with Crippen LogP contribution in [0.25, 0.3) is 0 Å². The average Bonchev–Trinajstić information content (AvgIpc) is 2.63. The zero-order chi connectivity index (χ0) is 13.6. The van der Waals surface area contributed by atoms with E-state index in [9.17, 15) is 17.2 Å². The van der Waals surface area contributed by atoms with Crippen LogP contribution in [0.1, 0.15) is 31.2 Å². The van der Waals surface area contributed by atoms with Crippen LogP contribution >= 0.6 is 0 Å². The van der Waals surface area contributed by atoms with Crippen molar-refractivity contribution in [3.8, 4) is 0 Å². The second-order valence-electron chi connectivity index (χ2n) is 4.87. The maximum absolute atomic E-state index is 14.2. The van der Waals surface area contributed by atoms with Crippen molar-refractivity contribution in [1.29, 1.82) is 0 Å². The van der Waals surface area contributed by atoms with E-state index in [1.54, 1.807) is 0 Å². The molecule has 2 rings (SSSR count). The number of sulfone groups is 1. The van der Waals surface area contributed by atoms with Gasteiger partial charge in [0.15, 0.2) is 9.84 Å². The van der Waals surface area contributed by atoms with Crippen LogP contribution in [0.5, 0.6) is 0 Å². The second-order valence-corrected chi connectivity index (χ2v) is 6.83. The van der Waals surface area contributed by atoms with E-state index < -0.39 is 31.9 Å². The number of rotatable bonds is 2. The number of halogens is 2. The molecule has 1 aliphatic carbocycles. The van der Waals surface area contributed by atoms with E-state index in [1.165, 1.54) is 6.07 Å². The Labute approximate surface area is 105 Å². The first-order valence-corrected chi connectivity index (χ1v) is 7.62. The maximum Gasteiger partial charge on any atom is 0.181 e. The minimum absolute atomic E-state index is 0.0989. The average molecular weight is 275 g/mol. The summed E-state index contributed by atoms with van der Waals surface area (Å²) in [5.41, 5.74) is 5.31. The highest BCUT2D eigenvalue weighted by Gasteiger charge is 2.36. The fourth-order valence-electron chi connectivity index (χ4n) is 2.53. The van der Waals surface area contributed by atoms with Crippen molar-refractivity contribution in [3.63, 3.8) is 0 Å². The first-order valence-electron chi connectivity index (χ1n) is 5.73. The van der Waals surface area contributed by atoms with Gasteiger partial charge < -0.3 is 5.73 Å². The van der Waals surface area contributed by atoms with Crippen molar-refractivity contribution in [3.05, 3.63) is 29.3 Å². The molecular formula is C12H15F2NO2S. The van der Waals surface area contributed by atoms with Crippen LogP contribution in [-0.2, 0) is 15.4 Å². The van der Waals surface area contributed by atoms with Crippen LogP contribution in [0.3, 0.4) is 0 Å². The van der Waals surface area contributed by atoms with Gasteiger partial charge in [0, 0.05) is 17.4 Å². The van der Waals surface area contributed by atoms with Gasteiger partial charge >= 0.3 is 0 Å². The molecule has 3 nitrogen and oxygen atoms in total. The molecule has 0 atom stereocenters. The molecule has 0 saturated heterocycles. The summed E-state index contributed by atoms with van der Waals surface area (Å²) in [6, 6.07) is 2.23. The lowest BCUT2D eigenvalue weighted by Crippen LogP contribution is -2.34. The van der Waals surface area contributed by atoms with Crippen LogP contribution in [0.2, 0.25) is 0 Å². The van der Waals surface area contributed by atoms with E-state index in [0.717, 1.165) is 25.2 Å². The molecule has 0 aromatic heterocycles. The van der Waals surface area contributed by atoms with E-state index in [4.69, 9.17) is 5.73 Å². The van der Waals surface area contributed by atoms with Gasteiger partial charge in [-0.1, -0.05) is 18.9 Å². The number of benzene rings is 1. The van der Waals surface area contributed by atoms with Gasteiger partial charge in [-0.05, 0) is 18.9 Å². The molecule has 1 aromatic carbocycles. The Morgan fingerprint density at radius 1 is 1.22 bits per heavy atom. The minimum Gasteiger partial charge on any atom is -0.321 e. The van der Waals surface area contributed by atoms with Crippen molar-refractivity contribution in [1.82, 2.24) is 0 Å². The fraction of sp³-hybridized carbons (Fsp3) is 0.500. The Morgan fingerprint density at radius 3 is 2.28 bits per heavy atom. The van der Waals surface area contributed by atoms with Crippen molar-refractivity contribution in [2.75, 3.05) is 6.26 Å². The topological polar surface area (TPSA) is 60.2 Å². The first kappa shape index (κ1) is 13.4. The van der Waals surface area contributed by atoms with Crippen LogP contribution in [0.4, 0.5) is 8.78 Å². The van der Waals surface area contributed by atoms with Gasteiger partial charge in [-0.2, -0.15) is 0 Å². The Morgan fingerprint density at radius 2 is 1.78 bits per heavy atom. The highest BCUT2D eigenvalue weighted by Crippen LogP contribution is 2.39. The molecule has 1 saturated carbocycles. The van der Waals surface area contributed by atoms with Crippen LogP contribution in [0, 0.1) is 11.6 Å². The van der Waals surface area contributed by atoms with Gasteiger partial charge in [0.2, 0.25) is 0 Å². The van der Waals surface area contributed by atoms with E-state index >= 15 is 0 Å². The van der Waals surface area contributed by atoms with Crippen molar-refractivity contribution < 1.29 is 17.2 Å². The number of nitrogens with two attached hydrogens (primary N) is 1. The van der Waals surface area contributed by atoms with Gasteiger partial charge in [0.25, 0.3) is 0 Å². The molecule has 1 fully saturated rings. The molecule has 0 aliphatic heterocycles. The zero-order valence-electron chi connectivity index (χ0n) is 10.0. The lowest BCUT2D eigenvalue weighted by atomic mass is 9.89. The summed E-state index contributed by atoms with van der Waals surface area (Å²) in [6.45, 7) is 0. The van der Waals surface area contributed by atoms with Crippen LogP contribution < -0.4 is 5.73 Å². The lowest BCUT2D eigenvalue weighted by molar-refractivity contribution is 0.418. The molecule has 0 amide bonds. The molecule has 2 N–H and O–H groups in total. The molecular weight excluding hydrogens is 260 g/mol. The molecule has 0 spiro atoms. The minimum atomic E-state index is -3.95. The third-order valence-electron chi connectivity index (χ3n) is 3.45. The molecule has 1 aliphatic rings. The Hall–Kier alpha value is -1.01. The van der Waals surface area contributed by atoms with Crippen molar-refractivity contribution in [2.45, 2.75) is 36.1 Å². The molecule has 0 unspecified atom stereocenters. The van der Waals surface area contributed by atoms with E-state index in [2.05, 4.69) is 0 Å². The summed E-state index contributed by atoms with van der Waals surface area (Å²) in [7, 11) is -3.95. The maximum atomic E-state index is 14.2. The molecule has 0 heterocycles. The standard InChI is InChI=1S/C12H15F2NO2S/c1-18(16,17)11-9(13)5-4-8(10(11)14)12(15)6-2-3-7-12/h4-5H,2-3,6-7,15H2,1H3. The predicted molar refractivity (Wildman–Crippen MR) is 63.8 cm³/mol. The highest BCUT2D eigenvalue weighted by molar-refractivity contribution is 7.90. The summed E-state index contributed by atoms with van der Waals surface area (Å²) < 4.78 is 50.6. The molecule has 1 aromatic rings. The highest BCUT2D eigenvalue weighted by atomic mass is 32.2. The molecule has 0 radical (unpaired) electrons. The number of hydrogen-bond donors (Lipinski definition) is 1. The Balaban J connectivity index is 2.65. The van der Waals surface area contributed by atoms with E-state index in [1.807, 2.05) is 0 Å². The monoisotopic (exact) mass is 275 g/mol. The summed E-state index contributed by atoms with van der Waals surface area (Å²) in [4.78, 5) is -0.878. The molecule has 100 valence electrons. The van der Waals surface area contributed by atoms with Crippen LogP contribution in [-0.4, -0.2) is 14.7 Å². The SMILES string of the molecule is CS(=O)(=O)c1c(F)ccc(C2(N)CCCC2)c1F. The first-order chi connectivity index (χ1) is 8.26. The van der Waals surface area contributed by atoms with Gasteiger partial charge in [-0.15, -0.1) is 0 Å². The Bertz CT molecular complexity index is 578. The summed E-state index contributed by atoms with van der Waals surface area (Å²) >= 11 is 0. The third-order valence-corrected chi connectivity index (χ3v) is 4.57. The predicted octanol–water partition coefficient (Wildman–Crippen LogP) is 2.10.